The molecule has 1 aromatic heterocycles. The van der Waals surface area contributed by atoms with Crippen molar-refractivity contribution < 1.29 is 14.7 Å². The molecule has 3 aromatic rings. The van der Waals surface area contributed by atoms with Crippen LogP contribution in [0.2, 0.25) is 5.02 Å². The minimum atomic E-state index is -1.18. The molecule has 0 aliphatic carbocycles. The normalized spacial score (nSPS) is 10.4. The summed E-state index contributed by atoms with van der Waals surface area (Å²) in [5, 5.41) is 16.1. The molecule has 2 aromatic carbocycles. The Bertz CT molecular complexity index is 906. The summed E-state index contributed by atoms with van der Waals surface area (Å²) in [4.78, 5) is 23.6. The number of rotatable bonds is 4. The number of halogens is 1. The summed E-state index contributed by atoms with van der Waals surface area (Å²) in [6.45, 7) is 0. The second kappa shape index (κ2) is 6.55. The highest BCUT2D eigenvalue weighted by Gasteiger charge is 2.18. The lowest BCUT2D eigenvalue weighted by molar-refractivity contribution is 0.0689. The maximum absolute atomic E-state index is 12.4. The average molecular weight is 342 g/mol. The van der Waals surface area contributed by atoms with Gasteiger partial charge in [0.15, 0.2) is 5.69 Å². The van der Waals surface area contributed by atoms with Crippen molar-refractivity contribution in [2.24, 2.45) is 0 Å². The Balaban J connectivity index is 2.00. The third kappa shape index (κ3) is 3.13. The smallest absolute Gasteiger partial charge is 0.356 e. The topological polar surface area (TPSA) is 84.2 Å². The Morgan fingerprint density at radius 2 is 1.71 bits per heavy atom. The van der Waals surface area contributed by atoms with Crippen LogP contribution in [-0.4, -0.2) is 26.8 Å². The number of benzene rings is 2. The van der Waals surface area contributed by atoms with Crippen LogP contribution in [0.15, 0.2) is 60.7 Å². The van der Waals surface area contributed by atoms with E-state index in [1.807, 2.05) is 6.07 Å². The number of aromatic carboxylic acids is 1. The number of carboxylic acids is 1. The van der Waals surface area contributed by atoms with Crippen LogP contribution in [-0.2, 0) is 0 Å². The molecule has 0 bridgehead atoms. The zero-order valence-electron chi connectivity index (χ0n) is 12.3. The van der Waals surface area contributed by atoms with Crippen LogP contribution in [0.5, 0.6) is 0 Å². The lowest BCUT2D eigenvalue weighted by atomic mass is 10.2. The molecule has 1 amide bonds. The largest absolute Gasteiger partial charge is 0.476 e. The van der Waals surface area contributed by atoms with Gasteiger partial charge in [0.25, 0.3) is 5.91 Å². The molecule has 7 heteroatoms. The molecule has 3 rings (SSSR count). The molecule has 0 saturated carbocycles. The molecule has 6 nitrogen and oxygen atoms in total. The van der Waals surface area contributed by atoms with Gasteiger partial charge in [-0.05, 0) is 24.3 Å². The standard InChI is InChI=1S/C17H12ClN3O3/c18-13-9-5-4-8-12(13)16(22)19-15-10-14(17(23)24)20-21(15)11-6-2-1-3-7-11/h1-10H,(H,19,22)(H,23,24). The molecule has 0 fully saturated rings. The van der Waals surface area contributed by atoms with E-state index < -0.39 is 11.9 Å². The van der Waals surface area contributed by atoms with E-state index >= 15 is 0 Å². The molecular weight excluding hydrogens is 330 g/mol. The van der Waals surface area contributed by atoms with Crippen molar-refractivity contribution in [3.05, 3.63) is 76.9 Å². The number of carboxylic acid groups (broad SMARTS) is 1. The maximum Gasteiger partial charge on any atom is 0.356 e. The number of aromatic nitrogens is 2. The Hall–Kier alpha value is -3.12. The molecule has 2 N–H and O–H groups in total. The second-order valence-electron chi connectivity index (χ2n) is 4.90. The predicted molar refractivity (Wildman–Crippen MR) is 89.9 cm³/mol. The van der Waals surface area contributed by atoms with Crippen molar-refractivity contribution in [2.45, 2.75) is 0 Å². The first-order valence-electron chi connectivity index (χ1n) is 7.01. The van der Waals surface area contributed by atoms with Crippen LogP contribution >= 0.6 is 11.6 Å². The van der Waals surface area contributed by atoms with E-state index in [2.05, 4.69) is 10.4 Å². The van der Waals surface area contributed by atoms with Crippen LogP contribution in [0.25, 0.3) is 5.69 Å². The first-order valence-corrected chi connectivity index (χ1v) is 7.39. The number of carbonyl (C=O) groups excluding carboxylic acids is 1. The number of nitrogens with one attached hydrogen (secondary N) is 1. The third-order valence-corrected chi connectivity index (χ3v) is 3.62. The summed E-state index contributed by atoms with van der Waals surface area (Å²) in [6, 6.07) is 16.8. The lowest BCUT2D eigenvalue weighted by Gasteiger charge is -2.09. The Kier molecular flexibility index (Phi) is 4.31. The molecule has 0 aliphatic heterocycles. The van der Waals surface area contributed by atoms with Crippen LogP contribution < -0.4 is 5.32 Å². The zero-order valence-corrected chi connectivity index (χ0v) is 13.1. The van der Waals surface area contributed by atoms with Crippen molar-refractivity contribution in [3.8, 4) is 5.69 Å². The summed E-state index contributed by atoms with van der Waals surface area (Å²) in [5.74, 6) is -1.39. The Labute approximate surface area is 142 Å². The number of para-hydroxylation sites is 1. The number of hydrogen-bond donors (Lipinski definition) is 2. The predicted octanol–water partition coefficient (Wildman–Crippen LogP) is 3.48. The summed E-state index contributed by atoms with van der Waals surface area (Å²) >= 11 is 6.02. The molecule has 1 heterocycles. The number of nitrogens with zero attached hydrogens (tertiary/aromatic N) is 2. The molecule has 0 unspecified atom stereocenters. The van der Waals surface area contributed by atoms with Crippen LogP contribution in [0.4, 0.5) is 5.82 Å². The molecule has 120 valence electrons. The highest BCUT2D eigenvalue weighted by atomic mass is 35.5. The number of hydrogen-bond acceptors (Lipinski definition) is 3. The van der Waals surface area contributed by atoms with Gasteiger partial charge in [0.1, 0.15) is 5.82 Å². The minimum absolute atomic E-state index is 0.173. The third-order valence-electron chi connectivity index (χ3n) is 3.29. The SMILES string of the molecule is O=C(O)c1cc(NC(=O)c2ccccc2Cl)n(-c2ccccc2)n1. The molecule has 0 spiro atoms. The van der Waals surface area contributed by atoms with Crippen LogP contribution in [0, 0.1) is 0 Å². The van der Waals surface area contributed by atoms with Crippen molar-refractivity contribution in [1.82, 2.24) is 9.78 Å². The average Bonchev–Trinajstić information content (AvgIpc) is 3.00. The molecule has 0 saturated heterocycles. The van der Waals surface area contributed by atoms with E-state index in [9.17, 15) is 9.59 Å². The lowest BCUT2D eigenvalue weighted by Crippen LogP contribution is -2.15. The fraction of sp³-hybridized carbons (Fsp3) is 0. The van der Waals surface area contributed by atoms with Gasteiger partial charge in [-0.1, -0.05) is 41.9 Å². The van der Waals surface area contributed by atoms with Gasteiger partial charge in [-0.2, -0.15) is 5.10 Å². The van der Waals surface area contributed by atoms with Gasteiger partial charge >= 0.3 is 5.97 Å². The van der Waals surface area contributed by atoms with Gasteiger partial charge in [0.05, 0.1) is 16.3 Å². The summed E-state index contributed by atoms with van der Waals surface area (Å²) in [5.41, 5.74) is 0.740. The molecule has 0 atom stereocenters. The molecule has 24 heavy (non-hydrogen) atoms. The zero-order chi connectivity index (χ0) is 17.1. The molecule has 0 radical (unpaired) electrons. The van der Waals surface area contributed by atoms with Crippen molar-refractivity contribution in [2.75, 3.05) is 5.32 Å². The van der Waals surface area contributed by atoms with Gasteiger partial charge in [0, 0.05) is 6.07 Å². The van der Waals surface area contributed by atoms with Gasteiger partial charge in [-0.25, -0.2) is 9.48 Å². The Morgan fingerprint density at radius 3 is 2.38 bits per heavy atom. The summed E-state index contributed by atoms with van der Waals surface area (Å²) < 4.78 is 1.36. The van der Waals surface area contributed by atoms with E-state index in [1.165, 1.54) is 10.7 Å². The van der Waals surface area contributed by atoms with Crippen LogP contribution in [0.1, 0.15) is 20.8 Å². The van der Waals surface area contributed by atoms with Crippen molar-refractivity contribution in [1.29, 1.82) is 0 Å². The van der Waals surface area contributed by atoms with Gasteiger partial charge in [-0.15, -0.1) is 0 Å². The fourth-order valence-corrected chi connectivity index (χ4v) is 2.39. The second-order valence-corrected chi connectivity index (χ2v) is 5.31. The minimum Gasteiger partial charge on any atom is -0.476 e. The molecule has 0 aliphatic rings. The highest BCUT2D eigenvalue weighted by Crippen LogP contribution is 2.20. The van der Waals surface area contributed by atoms with E-state index in [0.717, 1.165) is 0 Å². The van der Waals surface area contributed by atoms with E-state index in [4.69, 9.17) is 16.7 Å². The van der Waals surface area contributed by atoms with Crippen molar-refractivity contribution in [3.63, 3.8) is 0 Å². The summed E-state index contributed by atoms with van der Waals surface area (Å²) in [6.07, 6.45) is 0. The van der Waals surface area contributed by atoms with Gasteiger partial charge in [-0.3, -0.25) is 4.79 Å². The first-order chi connectivity index (χ1) is 11.6. The van der Waals surface area contributed by atoms with Gasteiger partial charge < -0.3 is 10.4 Å². The maximum atomic E-state index is 12.4. The fourth-order valence-electron chi connectivity index (χ4n) is 2.17. The van der Waals surface area contributed by atoms with Crippen molar-refractivity contribution >= 4 is 29.3 Å². The molecular formula is C17H12ClN3O3. The Morgan fingerprint density at radius 1 is 1.04 bits per heavy atom. The number of carbonyl (C=O) groups is 2. The number of anilines is 1. The van der Waals surface area contributed by atoms with Crippen LogP contribution in [0.3, 0.4) is 0 Å². The summed E-state index contributed by atoms with van der Waals surface area (Å²) in [7, 11) is 0. The van der Waals surface area contributed by atoms with E-state index in [0.29, 0.717) is 10.7 Å². The monoisotopic (exact) mass is 341 g/mol. The first kappa shape index (κ1) is 15.8. The van der Waals surface area contributed by atoms with E-state index in [-0.39, 0.29) is 17.1 Å². The highest BCUT2D eigenvalue weighted by molar-refractivity contribution is 6.34. The number of amides is 1. The van der Waals surface area contributed by atoms with Gasteiger partial charge in [0.2, 0.25) is 0 Å². The quantitative estimate of drug-likeness (QED) is 0.761. The van der Waals surface area contributed by atoms with E-state index in [1.54, 1.807) is 48.5 Å².